The van der Waals surface area contributed by atoms with Crippen LogP contribution in [0.1, 0.15) is 19.0 Å². The Morgan fingerprint density at radius 2 is 2.38 bits per heavy atom. The molecule has 2 heterocycles. The SMILES string of the molecule is CCC(Nc1cccc(OC)c1)C(=O)NCc1cn2c(n1)SCC2. The van der Waals surface area contributed by atoms with Crippen LogP contribution in [0, 0.1) is 0 Å². The third-order valence-electron chi connectivity index (χ3n) is 3.93. The first-order valence-electron chi connectivity index (χ1n) is 8.06. The van der Waals surface area contributed by atoms with E-state index in [1.165, 1.54) is 0 Å². The van der Waals surface area contributed by atoms with Gasteiger partial charge < -0.3 is 19.9 Å². The Balaban J connectivity index is 1.56. The first-order valence-corrected chi connectivity index (χ1v) is 9.05. The molecule has 1 amide bonds. The first kappa shape index (κ1) is 16.7. The molecule has 6 nitrogen and oxygen atoms in total. The summed E-state index contributed by atoms with van der Waals surface area (Å²) in [5, 5.41) is 7.27. The molecule has 0 fully saturated rings. The molecule has 0 aliphatic carbocycles. The van der Waals surface area contributed by atoms with E-state index in [0.717, 1.165) is 34.6 Å². The van der Waals surface area contributed by atoms with E-state index in [1.54, 1.807) is 18.9 Å². The van der Waals surface area contributed by atoms with E-state index in [9.17, 15) is 4.79 Å². The van der Waals surface area contributed by atoms with Gasteiger partial charge in [-0.2, -0.15) is 0 Å². The maximum absolute atomic E-state index is 12.4. The van der Waals surface area contributed by atoms with Crippen molar-refractivity contribution in [3.8, 4) is 5.75 Å². The minimum atomic E-state index is -0.291. The molecule has 0 saturated carbocycles. The van der Waals surface area contributed by atoms with Crippen LogP contribution in [0.5, 0.6) is 5.75 Å². The third kappa shape index (κ3) is 3.84. The standard InChI is InChI=1S/C17H22N4O2S/c1-3-15(19-12-5-4-6-14(9-12)23-2)16(22)18-10-13-11-21-7-8-24-17(21)20-13/h4-6,9,11,15,19H,3,7-8,10H2,1-2H3,(H,18,22). The Kier molecular flexibility index (Phi) is 5.30. The molecule has 1 atom stereocenters. The van der Waals surface area contributed by atoms with Crippen LogP contribution in [0.25, 0.3) is 0 Å². The van der Waals surface area contributed by atoms with Crippen LogP contribution in [-0.2, 0) is 17.9 Å². The fourth-order valence-electron chi connectivity index (χ4n) is 2.61. The molecule has 1 aliphatic heterocycles. The van der Waals surface area contributed by atoms with Crippen molar-refractivity contribution in [2.45, 2.75) is 37.6 Å². The van der Waals surface area contributed by atoms with Gasteiger partial charge in [-0.15, -0.1) is 0 Å². The van der Waals surface area contributed by atoms with Gasteiger partial charge in [-0.05, 0) is 18.6 Å². The van der Waals surface area contributed by atoms with Gasteiger partial charge in [-0.1, -0.05) is 24.8 Å². The van der Waals surface area contributed by atoms with E-state index >= 15 is 0 Å². The molecule has 1 aromatic carbocycles. The van der Waals surface area contributed by atoms with Crippen LogP contribution in [0.3, 0.4) is 0 Å². The number of rotatable bonds is 7. The molecule has 128 valence electrons. The van der Waals surface area contributed by atoms with Crippen LogP contribution in [0.2, 0.25) is 0 Å². The number of carbonyl (C=O) groups is 1. The fraction of sp³-hybridized carbons (Fsp3) is 0.412. The highest BCUT2D eigenvalue weighted by molar-refractivity contribution is 7.99. The summed E-state index contributed by atoms with van der Waals surface area (Å²) in [6.45, 7) is 3.44. The van der Waals surface area contributed by atoms with Crippen molar-refractivity contribution in [1.29, 1.82) is 0 Å². The summed E-state index contributed by atoms with van der Waals surface area (Å²) in [7, 11) is 1.63. The summed E-state index contributed by atoms with van der Waals surface area (Å²) >= 11 is 1.75. The quantitative estimate of drug-likeness (QED) is 0.806. The zero-order chi connectivity index (χ0) is 16.9. The van der Waals surface area contributed by atoms with Crippen molar-refractivity contribution in [2.75, 3.05) is 18.2 Å². The van der Waals surface area contributed by atoms with Crippen molar-refractivity contribution in [2.24, 2.45) is 0 Å². The number of fused-ring (bicyclic) bond motifs is 1. The number of nitrogens with zero attached hydrogens (tertiary/aromatic N) is 2. The molecule has 2 aromatic rings. The molecule has 0 bridgehead atoms. The minimum absolute atomic E-state index is 0.0267. The fourth-order valence-corrected chi connectivity index (χ4v) is 3.58. The van der Waals surface area contributed by atoms with Gasteiger partial charge in [0.1, 0.15) is 11.8 Å². The van der Waals surface area contributed by atoms with Gasteiger partial charge in [0.2, 0.25) is 5.91 Å². The highest BCUT2D eigenvalue weighted by Crippen LogP contribution is 2.24. The molecule has 2 N–H and O–H groups in total. The number of hydrogen-bond donors (Lipinski definition) is 2. The highest BCUT2D eigenvalue weighted by atomic mass is 32.2. The van der Waals surface area contributed by atoms with Crippen molar-refractivity contribution in [3.05, 3.63) is 36.2 Å². The predicted molar refractivity (Wildman–Crippen MR) is 95.5 cm³/mol. The van der Waals surface area contributed by atoms with Gasteiger partial charge in [0.25, 0.3) is 0 Å². The zero-order valence-corrected chi connectivity index (χ0v) is 14.7. The number of carbonyl (C=O) groups excluding carboxylic acids is 1. The van der Waals surface area contributed by atoms with Crippen molar-refractivity contribution in [3.63, 3.8) is 0 Å². The van der Waals surface area contributed by atoms with Crippen molar-refractivity contribution in [1.82, 2.24) is 14.9 Å². The topological polar surface area (TPSA) is 68.2 Å². The summed E-state index contributed by atoms with van der Waals surface area (Å²) < 4.78 is 7.35. The third-order valence-corrected chi connectivity index (χ3v) is 4.90. The number of nitrogens with one attached hydrogen (secondary N) is 2. The normalized spacial score (nSPS) is 14.1. The lowest BCUT2D eigenvalue weighted by atomic mass is 10.2. The number of benzene rings is 1. The Morgan fingerprint density at radius 1 is 1.50 bits per heavy atom. The predicted octanol–water partition coefficient (Wildman–Crippen LogP) is 2.50. The lowest BCUT2D eigenvalue weighted by Gasteiger charge is -2.18. The van der Waals surface area contributed by atoms with E-state index in [-0.39, 0.29) is 11.9 Å². The Bertz CT molecular complexity index is 695. The largest absolute Gasteiger partial charge is 0.497 e. The number of amides is 1. The number of aromatic nitrogens is 2. The van der Waals surface area contributed by atoms with E-state index in [4.69, 9.17) is 4.74 Å². The zero-order valence-electron chi connectivity index (χ0n) is 13.9. The maximum atomic E-state index is 12.4. The van der Waals surface area contributed by atoms with Crippen molar-refractivity contribution < 1.29 is 9.53 Å². The summed E-state index contributed by atoms with van der Waals surface area (Å²) in [6.07, 6.45) is 2.71. The van der Waals surface area contributed by atoms with Crippen LogP contribution in [0.15, 0.2) is 35.6 Å². The molecule has 3 rings (SSSR count). The smallest absolute Gasteiger partial charge is 0.242 e. The second kappa shape index (κ2) is 7.61. The summed E-state index contributed by atoms with van der Waals surface area (Å²) in [5.74, 6) is 1.82. The maximum Gasteiger partial charge on any atom is 0.242 e. The lowest BCUT2D eigenvalue weighted by Crippen LogP contribution is -2.39. The Morgan fingerprint density at radius 3 is 3.12 bits per heavy atom. The number of anilines is 1. The highest BCUT2D eigenvalue weighted by Gasteiger charge is 2.18. The van der Waals surface area contributed by atoms with E-state index in [1.807, 2.05) is 37.4 Å². The number of aryl methyl sites for hydroxylation is 1. The lowest BCUT2D eigenvalue weighted by molar-refractivity contribution is -0.122. The van der Waals surface area contributed by atoms with Gasteiger partial charge in [0.05, 0.1) is 19.3 Å². The van der Waals surface area contributed by atoms with Gasteiger partial charge in [-0.3, -0.25) is 4.79 Å². The van der Waals surface area contributed by atoms with Crippen LogP contribution < -0.4 is 15.4 Å². The molecule has 0 saturated heterocycles. The van der Waals surface area contributed by atoms with Gasteiger partial charge in [0.15, 0.2) is 5.16 Å². The minimum Gasteiger partial charge on any atom is -0.497 e. The molecule has 24 heavy (non-hydrogen) atoms. The molecule has 7 heteroatoms. The van der Waals surface area contributed by atoms with E-state index < -0.39 is 0 Å². The number of imidazole rings is 1. The molecular formula is C17H22N4O2S. The average Bonchev–Trinajstić information content (AvgIpc) is 3.19. The number of methoxy groups -OCH3 is 1. The van der Waals surface area contributed by atoms with Crippen LogP contribution in [-0.4, -0.2) is 34.4 Å². The molecule has 1 aromatic heterocycles. The Labute approximate surface area is 146 Å². The molecule has 1 unspecified atom stereocenters. The van der Waals surface area contributed by atoms with Gasteiger partial charge in [-0.25, -0.2) is 4.98 Å². The van der Waals surface area contributed by atoms with Crippen LogP contribution in [0.4, 0.5) is 5.69 Å². The van der Waals surface area contributed by atoms with Gasteiger partial charge in [0, 0.05) is 30.2 Å². The second-order valence-corrected chi connectivity index (χ2v) is 6.67. The molecular weight excluding hydrogens is 324 g/mol. The number of thioether (sulfide) groups is 1. The summed E-state index contributed by atoms with van der Waals surface area (Å²) in [5.41, 5.74) is 1.77. The Hall–Kier alpha value is -2.15. The summed E-state index contributed by atoms with van der Waals surface area (Å²) in [6, 6.07) is 7.29. The summed E-state index contributed by atoms with van der Waals surface area (Å²) in [4.78, 5) is 17.0. The second-order valence-electron chi connectivity index (χ2n) is 5.61. The van der Waals surface area contributed by atoms with Crippen LogP contribution >= 0.6 is 11.8 Å². The monoisotopic (exact) mass is 346 g/mol. The number of hydrogen-bond acceptors (Lipinski definition) is 5. The molecule has 0 spiro atoms. The molecule has 0 radical (unpaired) electrons. The van der Waals surface area contributed by atoms with E-state index in [0.29, 0.717) is 13.0 Å². The number of ether oxygens (including phenoxy) is 1. The average molecular weight is 346 g/mol. The van der Waals surface area contributed by atoms with E-state index in [2.05, 4.69) is 20.2 Å². The van der Waals surface area contributed by atoms with Crippen molar-refractivity contribution >= 4 is 23.4 Å². The first-order chi connectivity index (χ1) is 11.7. The molecule has 1 aliphatic rings. The van der Waals surface area contributed by atoms with Gasteiger partial charge >= 0.3 is 0 Å².